The zero-order chi connectivity index (χ0) is 24.2. The van der Waals surface area contributed by atoms with Gasteiger partial charge in [-0.1, -0.05) is 48.5 Å². The van der Waals surface area contributed by atoms with Crippen molar-refractivity contribution in [3.63, 3.8) is 0 Å². The van der Waals surface area contributed by atoms with Gasteiger partial charge in [-0.15, -0.1) is 0 Å². The molecule has 2 aromatic carbocycles. The summed E-state index contributed by atoms with van der Waals surface area (Å²) >= 11 is 0. The second kappa shape index (κ2) is 9.95. The quantitative estimate of drug-likeness (QED) is 0.399. The zero-order valence-corrected chi connectivity index (χ0v) is 19.4. The number of anilines is 3. The number of carbonyl (C=O) groups excluding carboxylic acids is 1. The lowest BCUT2D eigenvalue weighted by Gasteiger charge is -2.33. The normalized spacial score (nSPS) is 15.6. The highest BCUT2D eigenvalue weighted by molar-refractivity contribution is 6.08. The molecule has 0 spiro atoms. The molecule has 1 aliphatic heterocycles. The minimum atomic E-state index is -0.376. The smallest absolute Gasteiger partial charge is 0.276 e. The first kappa shape index (κ1) is 22.6. The van der Waals surface area contributed by atoms with Gasteiger partial charge in [-0.25, -0.2) is 4.98 Å². The van der Waals surface area contributed by atoms with Crippen LogP contribution in [0.1, 0.15) is 23.3 Å². The molecule has 35 heavy (non-hydrogen) atoms. The van der Waals surface area contributed by atoms with Crippen LogP contribution in [0.2, 0.25) is 0 Å². The Hall–Kier alpha value is -4.23. The molecule has 0 bridgehead atoms. The summed E-state index contributed by atoms with van der Waals surface area (Å²) in [5.74, 6) is -0.376. The van der Waals surface area contributed by atoms with Crippen LogP contribution in [-0.2, 0) is 0 Å². The van der Waals surface area contributed by atoms with Crippen LogP contribution in [0.3, 0.4) is 0 Å². The summed E-state index contributed by atoms with van der Waals surface area (Å²) in [6.45, 7) is 1.62. The molecule has 1 amide bonds. The van der Waals surface area contributed by atoms with Gasteiger partial charge in [0, 0.05) is 30.9 Å². The van der Waals surface area contributed by atoms with Crippen molar-refractivity contribution in [2.45, 2.75) is 18.9 Å². The molecule has 176 valence electrons. The first-order valence-corrected chi connectivity index (χ1v) is 11.8. The van der Waals surface area contributed by atoms with Crippen LogP contribution < -0.4 is 21.7 Å². The van der Waals surface area contributed by atoms with E-state index >= 15 is 0 Å². The fourth-order valence-electron chi connectivity index (χ4n) is 4.47. The molecule has 1 atom stereocenters. The second-order valence-electron chi connectivity index (χ2n) is 8.78. The van der Waals surface area contributed by atoms with Crippen molar-refractivity contribution in [1.29, 1.82) is 0 Å². The summed E-state index contributed by atoms with van der Waals surface area (Å²) in [7, 11) is 0. The van der Waals surface area contributed by atoms with Gasteiger partial charge in [0.15, 0.2) is 5.69 Å². The van der Waals surface area contributed by atoms with Crippen LogP contribution >= 0.6 is 0 Å². The minimum absolute atomic E-state index is 0.112. The third kappa shape index (κ3) is 5.00. The van der Waals surface area contributed by atoms with Crippen LogP contribution in [0.25, 0.3) is 22.4 Å². The maximum absolute atomic E-state index is 13.3. The van der Waals surface area contributed by atoms with Gasteiger partial charge in [0.25, 0.3) is 5.91 Å². The van der Waals surface area contributed by atoms with Crippen molar-refractivity contribution in [3.05, 3.63) is 90.9 Å². The maximum Gasteiger partial charge on any atom is 0.276 e. The second-order valence-corrected chi connectivity index (χ2v) is 8.78. The van der Waals surface area contributed by atoms with Gasteiger partial charge in [0.05, 0.1) is 29.0 Å². The van der Waals surface area contributed by atoms with E-state index in [1.807, 2.05) is 42.5 Å². The SMILES string of the molecule is Nc1ccc(-c2cccc(-c3ccccc3)c2)nc1C(=O)Nc1cnccc1N1CCC[C@H](N)C1. The molecule has 1 aliphatic rings. The van der Waals surface area contributed by atoms with E-state index < -0.39 is 0 Å². The number of hydrogen-bond donors (Lipinski definition) is 3. The highest BCUT2D eigenvalue weighted by atomic mass is 16.1. The van der Waals surface area contributed by atoms with Crippen molar-refractivity contribution in [2.75, 3.05) is 29.0 Å². The summed E-state index contributed by atoms with van der Waals surface area (Å²) in [6.07, 6.45) is 5.38. The predicted molar refractivity (Wildman–Crippen MR) is 141 cm³/mol. The summed E-state index contributed by atoms with van der Waals surface area (Å²) in [6, 6.07) is 23.8. The Morgan fingerprint density at radius 1 is 0.971 bits per heavy atom. The standard InChI is InChI=1S/C28H28N6O/c29-22-10-5-15-34(18-22)26-13-14-31-17-25(26)33-28(35)27-23(30)11-12-24(32-27)21-9-4-8-20(16-21)19-6-2-1-3-7-19/h1-4,6-9,11-14,16-17,22H,5,10,15,18,29-30H2,(H,33,35)/t22-/m0/s1. The first-order valence-electron chi connectivity index (χ1n) is 11.8. The van der Waals surface area contributed by atoms with E-state index in [1.54, 1.807) is 18.5 Å². The van der Waals surface area contributed by atoms with Gasteiger partial charge in [-0.05, 0) is 48.2 Å². The third-order valence-electron chi connectivity index (χ3n) is 6.25. The monoisotopic (exact) mass is 464 g/mol. The number of amides is 1. The molecule has 0 unspecified atom stereocenters. The van der Waals surface area contributed by atoms with Crippen LogP contribution in [0.15, 0.2) is 85.2 Å². The lowest BCUT2D eigenvalue weighted by molar-refractivity contribution is 0.102. The Labute approximate surface area is 204 Å². The lowest BCUT2D eigenvalue weighted by Crippen LogP contribution is -2.43. The van der Waals surface area contributed by atoms with Gasteiger partial charge < -0.3 is 21.7 Å². The highest BCUT2D eigenvalue weighted by Gasteiger charge is 2.21. The molecule has 5 rings (SSSR count). The number of nitrogen functional groups attached to an aromatic ring is 1. The van der Waals surface area contributed by atoms with Gasteiger partial charge in [-0.2, -0.15) is 0 Å². The number of aromatic nitrogens is 2. The van der Waals surface area contributed by atoms with Crippen molar-refractivity contribution < 1.29 is 4.79 Å². The number of nitrogens with one attached hydrogen (secondary N) is 1. The summed E-state index contributed by atoms with van der Waals surface area (Å²) in [5, 5.41) is 2.97. The number of nitrogens with zero attached hydrogens (tertiary/aromatic N) is 3. The molecule has 7 heteroatoms. The van der Waals surface area contributed by atoms with Crippen LogP contribution in [0, 0.1) is 0 Å². The van der Waals surface area contributed by atoms with Crippen molar-refractivity contribution in [1.82, 2.24) is 9.97 Å². The maximum atomic E-state index is 13.3. The third-order valence-corrected chi connectivity index (χ3v) is 6.25. The van der Waals surface area contributed by atoms with E-state index in [9.17, 15) is 4.79 Å². The van der Waals surface area contributed by atoms with Gasteiger partial charge in [0.1, 0.15) is 0 Å². The molecule has 1 fully saturated rings. The van der Waals surface area contributed by atoms with E-state index in [-0.39, 0.29) is 17.6 Å². The average Bonchev–Trinajstić information content (AvgIpc) is 2.90. The van der Waals surface area contributed by atoms with E-state index in [4.69, 9.17) is 11.5 Å². The molecular weight excluding hydrogens is 436 g/mol. The molecule has 0 radical (unpaired) electrons. The van der Waals surface area contributed by atoms with Crippen LogP contribution in [0.4, 0.5) is 17.1 Å². The molecule has 0 aliphatic carbocycles. The number of carbonyl (C=O) groups is 1. The summed E-state index contributed by atoms with van der Waals surface area (Å²) < 4.78 is 0. The molecule has 1 saturated heterocycles. The Balaban J connectivity index is 1.42. The number of piperidine rings is 1. The molecule has 4 aromatic rings. The van der Waals surface area contributed by atoms with Gasteiger partial charge in [0.2, 0.25) is 0 Å². The summed E-state index contributed by atoms with van der Waals surface area (Å²) in [5.41, 5.74) is 18.1. The highest BCUT2D eigenvalue weighted by Crippen LogP contribution is 2.29. The number of pyridine rings is 2. The van der Waals surface area contributed by atoms with E-state index in [0.29, 0.717) is 17.1 Å². The van der Waals surface area contributed by atoms with Crippen LogP contribution in [-0.4, -0.2) is 35.0 Å². The Bertz CT molecular complexity index is 1340. The number of rotatable bonds is 5. The predicted octanol–water partition coefficient (Wildman–Crippen LogP) is 4.57. The van der Waals surface area contributed by atoms with Crippen molar-refractivity contribution in [3.8, 4) is 22.4 Å². The molecule has 2 aromatic heterocycles. The topological polar surface area (TPSA) is 110 Å². The Kier molecular flexibility index (Phi) is 6.41. The number of benzene rings is 2. The molecule has 0 saturated carbocycles. The molecule has 7 nitrogen and oxygen atoms in total. The fraction of sp³-hybridized carbons (Fsp3) is 0.179. The van der Waals surface area contributed by atoms with Crippen molar-refractivity contribution >= 4 is 23.0 Å². The first-order chi connectivity index (χ1) is 17.1. The van der Waals surface area contributed by atoms with Gasteiger partial charge >= 0.3 is 0 Å². The number of nitrogens with two attached hydrogens (primary N) is 2. The Morgan fingerprint density at radius 2 is 1.77 bits per heavy atom. The molecule has 3 heterocycles. The summed E-state index contributed by atoms with van der Waals surface area (Å²) in [4.78, 5) is 24.3. The van der Waals surface area contributed by atoms with Gasteiger partial charge in [-0.3, -0.25) is 9.78 Å². The van der Waals surface area contributed by atoms with E-state index in [0.717, 1.165) is 48.3 Å². The largest absolute Gasteiger partial charge is 0.397 e. The average molecular weight is 465 g/mol. The Morgan fingerprint density at radius 3 is 2.60 bits per heavy atom. The van der Waals surface area contributed by atoms with Crippen molar-refractivity contribution in [2.24, 2.45) is 5.73 Å². The van der Waals surface area contributed by atoms with E-state index in [2.05, 4.69) is 44.5 Å². The number of hydrogen-bond acceptors (Lipinski definition) is 6. The van der Waals surface area contributed by atoms with E-state index in [1.165, 1.54) is 0 Å². The molecule has 5 N–H and O–H groups in total. The lowest BCUT2D eigenvalue weighted by atomic mass is 10.0. The molecular formula is C28H28N6O. The van der Waals surface area contributed by atoms with Crippen LogP contribution in [0.5, 0.6) is 0 Å². The minimum Gasteiger partial charge on any atom is -0.397 e. The fourth-order valence-corrected chi connectivity index (χ4v) is 4.47. The zero-order valence-electron chi connectivity index (χ0n) is 19.4.